The van der Waals surface area contributed by atoms with Gasteiger partial charge in [-0.05, 0) is 0 Å². The van der Waals surface area contributed by atoms with Crippen molar-refractivity contribution >= 4 is 67.6 Å². The Morgan fingerprint density at radius 3 is 1.10 bits per heavy atom. The largest absolute Gasteiger partial charge is 2.00 e. The molecular weight excluding hydrogens is 999 g/mol. The predicted molar refractivity (Wildman–Crippen MR) is 175 cm³/mol. The van der Waals surface area contributed by atoms with Gasteiger partial charge in [0, 0.05) is 13.1 Å². The van der Waals surface area contributed by atoms with Crippen LogP contribution in [-0.4, -0.2) is 199 Å². The summed E-state index contributed by atoms with van der Waals surface area (Å²) in [5.41, 5.74) is 20.7. The van der Waals surface area contributed by atoms with Gasteiger partial charge in [-0.2, -0.15) is 0 Å². The summed E-state index contributed by atoms with van der Waals surface area (Å²) < 4.78 is 10.9. The fourth-order valence-corrected chi connectivity index (χ4v) is 3.76. The van der Waals surface area contributed by atoms with E-state index in [9.17, 15) is 20.4 Å². The molecule has 2 fully saturated rings. The van der Waals surface area contributed by atoms with Gasteiger partial charge in [-0.25, -0.2) is 0 Å². The molecule has 49 heavy (non-hydrogen) atoms. The molecule has 0 unspecified atom stereocenters. The van der Waals surface area contributed by atoms with E-state index in [0.717, 1.165) is 12.7 Å². The number of nitrogens with one attached hydrogen (secondary N) is 2. The van der Waals surface area contributed by atoms with Crippen LogP contribution in [0, 0.1) is 0 Å². The maximum atomic E-state index is 9.94. The average molecular weight is 1050 g/mol. The van der Waals surface area contributed by atoms with E-state index in [4.69, 9.17) is 42.6 Å². The zero-order chi connectivity index (χ0) is 33.9. The molecule has 0 aliphatic carbocycles. The van der Waals surface area contributed by atoms with Gasteiger partial charge in [-0.15, -0.1) is 0 Å². The first-order chi connectivity index (χ1) is 21.1. The zero-order valence-electron chi connectivity index (χ0n) is 27.7. The molecule has 0 saturated carbocycles. The van der Waals surface area contributed by atoms with Crippen molar-refractivity contribution in [2.24, 2.45) is 42.9 Å². The Hall–Kier alpha value is 0.757. The van der Waals surface area contributed by atoms with Gasteiger partial charge in [0.25, 0.3) is 0 Å². The molecule has 1 radical (unpaired) electrons. The maximum absolute atomic E-state index is 9.94. The summed E-state index contributed by atoms with van der Waals surface area (Å²) in [5.74, 6) is 0. The van der Waals surface area contributed by atoms with E-state index >= 15 is 0 Å². The fraction of sp³-hybridized carbons (Fsp3) is 0.833. The van der Waals surface area contributed by atoms with Gasteiger partial charge < -0.3 is 113 Å². The molecule has 10 atom stereocenters. The number of aliphatic hydroxyl groups excluding tert-OH is 6. The van der Waals surface area contributed by atoms with E-state index in [1.807, 2.05) is 0 Å². The van der Waals surface area contributed by atoms with Crippen molar-refractivity contribution in [3.05, 3.63) is 0 Å². The van der Waals surface area contributed by atoms with Crippen LogP contribution in [0.4, 0.5) is 0 Å². The second-order valence-electron chi connectivity index (χ2n) is 9.11. The Kier molecular flexibility index (Phi) is 57.0. The molecule has 25 heteroatoms. The molecule has 293 valence electrons. The summed E-state index contributed by atoms with van der Waals surface area (Å²) in [6.07, 6.45) is -3.47. The van der Waals surface area contributed by atoms with E-state index in [0.29, 0.717) is 26.2 Å². The quantitative estimate of drug-likeness (QED) is 0.0374. The monoisotopic (exact) mass is 1050 g/mol. The minimum atomic E-state index is -1.22. The SMILES string of the molecule is NC=NCCN[C@@H]1O[C@H](CO)[C@@H](O)[C@H](O)[C@H]1N=CN.NC=NCCN[C@@H]1O[C@H](CO)[C@@H](O)[C@H](O)[C@H]1N=CN.[CH3][Sn+2][CH3].[CH3][Sn+2][CH3].[Cl-].[Cl-].[Cl-].[Cl-].[Cu+2]. The average Bonchev–Trinajstić information content (AvgIpc) is 3.01. The molecule has 0 amide bonds. The second kappa shape index (κ2) is 43.2. The fourth-order valence-electron chi connectivity index (χ4n) is 3.76. The number of aliphatic imine (C=N–C) groups is 4. The Balaban J connectivity index is -0.000000114. The summed E-state index contributed by atoms with van der Waals surface area (Å²) in [6, 6.07) is -1.52. The number of halogens is 4. The maximum Gasteiger partial charge on any atom is 2.00 e. The number of rotatable bonds is 12. The van der Waals surface area contributed by atoms with Crippen LogP contribution in [0.15, 0.2) is 20.0 Å². The van der Waals surface area contributed by atoms with Crippen LogP contribution in [0.3, 0.4) is 0 Å². The van der Waals surface area contributed by atoms with Crippen LogP contribution in [0.1, 0.15) is 0 Å². The van der Waals surface area contributed by atoms with E-state index in [2.05, 4.69) is 50.4 Å². The molecule has 0 aromatic rings. The first kappa shape index (κ1) is 64.7. The van der Waals surface area contributed by atoms with Gasteiger partial charge in [0.2, 0.25) is 0 Å². The third-order valence-corrected chi connectivity index (χ3v) is 5.68. The van der Waals surface area contributed by atoms with Crippen LogP contribution < -0.4 is 83.2 Å². The molecule has 0 aromatic carbocycles. The summed E-state index contributed by atoms with van der Waals surface area (Å²) in [7, 11) is 0. The molecule has 2 heterocycles. The minimum Gasteiger partial charge on any atom is -1.00 e. The van der Waals surface area contributed by atoms with E-state index in [-0.39, 0.29) is 109 Å². The topological polar surface area (TPSA) is 317 Å². The predicted octanol–water partition coefficient (Wildman–Crippen LogP) is -17.7. The van der Waals surface area contributed by atoms with Crippen LogP contribution in [0.5, 0.6) is 0 Å². The first-order valence-corrected chi connectivity index (χ1v) is 25.3. The van der Waals surface area contributed by atoms with E-state index in [1.54, 1.807) is 0 Å². The van der Waals surface area contributed by atoms with Crippen molar-refractivity contribution in [1.82, 2.24) is 10.6 Å². The summed E-state index contributed by atoms with van der Waals surface area (Å²) in [5, 5.41) is 63.5. The minimum absolute atomic E-state index is 0. The summed E-state index contributed by atoms with van der Waals surface area (Å²) >= 11 is 0.460. The summed E-state index contributed by atoms with van der Waals surface area (Å²) in [4.78, 5) is 24.6. The van der Waals surface area contributed by atoms with Gasteiger partial charge in [0.05, 0.1) is 51.7 Å². The van der Waals surface area contributed by atoms with Gasteiger partial charge in [0.1, 0.15) is 61.2 Å². The van der Waals surface area contributed by atoms with Crippen molar-refractivity contribution in [3.63, 3.8) is 0 Å². The van der Waals surface area contributed by atoms with Gasteiger partial charge in [-0.3, -0.25) is 30.6 Å². The zero-order valence-corrected chi connectivity index (χ0v) is 37.4. The van der Waals surface area contributed by atoms with E-state index in [1.165, 1.54) is 12.7 Å². The molecule has 2 saturated heterocycles. The van der Waals surface area contributed by atoms with Crippen molar-refractivity contribution in [1.29, 1.82) is 0 Å². The van der Waals surface area contributed by atoms with Crippen molar-refractivity contribution in [2.45, 2.75) is 80.9 Å². The first-order valence-electron chi connectivity index (χ1n) is 13.9. The third kappa shape index (κ3) is 27.1. The van der Waals surface area contributed by atoms with Gasteiger partial charge in [-0.1, -0.05) is 0 Å². The molecule has 2 aliphatic heterocycles. The van der Waals surface area contributed by atoms with Crippen LogP contribution >= 0.6 is 0 Å². The smallest absolute Gasteiger partial charge is 1.00 e. The molecule has 2 aliphatic rings. The van der Waals surface area contributed by atoms with E-state index < -0.39 is 74.4 Å². The standard InChI is InChI=1S/2C10H21N5O4.4CH3.4ClH.Cu.2Sn/c2*11-4-13-1-2-14-10-7(15-5-12)9(18)8(17)6(3-16)19-10;;;;;;;;;;;/h2*4-10,14,16-18H,1-3H2,(H2,11,13)(H2,12,15);4*1H3;4*1H;;;/q;;;;;;;;;;3*+2/p-4/t2*6-,7-,8-,9-,10-;;;;;;;;;;;/m11.........../s1. The number of nitrogens with zero attached hydrogens (tertiary/aromatic N) is 4. The molecule has 2 rings (SSSR count). The normalized spacial score (nSPS) is 28.5. The number of hydrogen-bond donors (Lipinski definition) is 12. The molecule has 0 bridgehead atoms. The molecule has 0 spiro atoms. The Morgan fingerprint density at radius 2 is 0.878 bits per heavy atom. The number of aliphatic hydroxyl groups is 6. The van der Waals surface area contributed by atoms with Crippen LogP contribution in [0.25, 0.3) is 0 Å². The Labute approximate surface area is 345 Å². The Morgan fingerprint density at radius 1 is 0.592 bits per heavy atom. The van der Waals surface area contributed by atoms with Crippen molar-refractivity contribution in [3.8, 4) is 0 Å². The van der Waals surface area contributed by atoms with Crippen LogP contribution in [0.2, 0.25) is 19.8 Å². The van der Waals surface area contributed by atoms with Crippen LogP contribution in [-0.2, 0) is 26.5 Å². The molecule has 0 aromatic heterocycles. The van der Waals surface area contributed by atoms with Gasteiger partial charge in [0.15, 0.2) is 0 Å². The Bertz CT molecular complexity index is 758. The third-order valence-electron chi connectivity index (χ3n) is 5.68. The number of hydrogen-bond acceptors (Lipinski definition) is 14. The van der Waals surface area contributed by atoms with Gasteiger partial charge >= 0.3 is 79.1 Å². The number of nitrogens with two attached hydrogens (primary N) is 4. The molecule has 18 nitrogen and oxygen atoms in total. The summed E-state index contributed by atoms with van der Waals surface area (Å²) in [6.45, 7) is 0.925. The number of ether oxygens (including phenoxy) is 2. The van der Waals surface area contributed by atoms with Crippen molar-refractivity contribution < 1.29 is 107 Å². The molecular formula is C24H54Cl4CuN10O8Sn2+2. The molecule has 16 N–H and O–H groups in total. The van der Waals surface area contributed by atoms with Crippen molar-refractivity contribution in [2.75, 3.05) is 39.4 Å². The second-order valence-corrected chi connectivity index (χ2v) is 14.8.